The molecule has 58 heavy (non-hydrogen) atoms. The number of nitrogens with zero attached hydrogens (tertiary/aromatic N) is 4. The van der Waals surface area contributed by atoms with Crippen LogP contribution in [-0.2, 0) is 25.5 Å². The van der Waals surface area contributed by atoms with Gasteiger partial charge in [0, 0.05) is 53.5 Å². The van der Waals surface area contributed by atoms with Gasteiger partial charge in [0.25, 0.3) is 0 Å². The Labute approximate surface area is 358 Å². The summed E-state index contributed by atoms with van der Waals surface area (Å²) in [7, 11) is 0. The molecule has 5 nitrogen and oxygen atoms in total. The Morgan fingerprint density at radius 3 is 2.17 bits per heavy atom. The first-order valence-corrected chi connectivity index (χ1v) is 19.4. The standard InChI is InChI=1S/C35H30N3O.C16H17FN.Ir/c1-20(2)25-12-8-13-26(21(3)4)33(25)38-30-16-17-36-22(5)32(30)37-35(38)28-15-9-14-27-29-18-23-10-6-7-11-24(23)19-31(29)39-34(27)28;1-11-5-7-13(14(17)9-11)15-8-6-12(10-18-15)16(2,3)4;/h6-14,16-21H,1-5H3;5-6,8-10H,1-4H3;/q2*-1;/i;1D3;. The Morgan fingerprint density at radius 1 is 0.810 bits per heavy atom. The van der Waals surface area contributed by atoms with Gasteiger partial charge in [0.1, 0.15) is 5.58 Å². The SMILES string of the molecule is Cc1nccc2c1nc(-c1[c-]ccc3c1oc1cc4ccccc4cc13)n2-c1c(C(C)C)cccc1C(C)C.[2H]C([2H])([2H])c1c[c-]c(-c2ccc(C(C)(C)C)cn2)c(F)c1.[Ir]. The van der Waals surface area contributed by atoms with Gasteiger partial charge in [0.2, 0.25) is 0 Å². The van der Waals surface area contributed by atoms with Crippen molar-refractivity contribution in [2.24, 2.45) is 0 Å². The fourth-order valence-electron chi connectivity index (χ4n) is 7.54. The van der Waals surface area contributed by atoms with Gasteiger partial charge in [-0.3, -0.25) is 14.4 Å². The Kier molecular flexibility index (Phi) is 10.2. The summed E-state index contributed by atoms with van der Waals surface area (Å²) in [6.45, 7) is 14.9. The molecule has 0 fully saturated rings. The molecule has 4 aromatic heterocycles. The molecule has 9 rings (SSSR count). The van der Waals surface area contributed by atoms with Crippen molar-refractivity contribution in [1.29, 1.82) is 0 Å². The average molecular weight is 946 g/mol. The van der Waals surface area contributed by atoms with E-state index in [-0.39, 0.29) is 36.6 Å². The first kappa shape index (κ1) is 36.8. The molecule has 0 saturated heterocycles. The monoisotopic (exact) mass is 946 g/mol. The molecular weight excluding hydrogens is 896 g/mol. The van der Waals surface area contributed by atoms with Crippen LogP contribution in [0.25, 0.3) is 72.1 Å². The number of hydrogen-bond acceptors (Lipinski definition) is 4. The van der Waals surface area contributed by atoms with E-state index in [1.54, 1.807) is 12.3 Å². The molecule has 0 unspecified atom stereocenters. The Hall–Kier alpha value is -5.49. The predicted octanol–water partition coefficient (Wildman–Crippen LogP) is 13.8. The third-order valence-electron chi connectivity index (χ3n) is 10.6. The van der Waals surface area contributed by atoms with E-state index in [4.69, 9.17) is 13.5 Å². The van der Waals surface area contributed by atoms with Crippen LogP contribution in [0.3, 0.4) is 0 Å². The summed E-state index contributed by atoms with van der Waals surface area (Å²) in [6, 6.07) is 37.8. The molecule has 0 aliphatic carbocycles. The van der Waals surface area contributed by atoms with Crippen molar-refractivity contribution < 1.29 is 33.0 Å². The number of furan rings is 1. The number of pyridine rings is 2. The Bertz CT molecular complexity index is 3020. The van der Waals surface area contributed by atoms with Crippen molar-refractivity contribution in [1.82, 2.24) is 19.5 Å². The smallest absolute Gasteiger partial charge is 0.121 e. The number of rotatable bonds is 5. The molecule has 0 aliphatic rings. The second-order valence-electron chi connectivity index (χ2n) is 16.3. The quantitative estimate of drug-likeness (QED) is 0.161. The zero-order valence-corrected chi connectivity index (χ0v) is 36.4. The molecule has 7 heteroatoms. The van der Waals surface area contributed by atoms with E-state index in [0.29, 0.717) is 17.5 Å². The van der Waals surface area contributed by atoms with E-state index in [1.807, 2.05) is 25.3 Å². The second kappa shape index (κ2) is 16.0. The van der Waals surface area contributed by atoms with Crippen LogP contribution in [0.4, 0.5) is 4.39 Å². The summed E-state index contributed by atoms with van der Waals surface area (Å²) in [5.74, 6) is 0.876. The van der Waals surface area contributed by atoms with Gasteiger partial charge in [-0.15, -0.1) is 42.0 Å². The zero-order valence-electron chi connectivity index (χ0n) is 37.0. The van der Waals surface area contributed by atoms with E-state index in [2.05, 4.69) is 142 Å². The second-order valence-corrected chi connectivity index (χ2v) is 16.3. The normalized spacial score (nSPS) is 12.8. The van der Waals surface area contributed by atoms with Crippen LogP contribution in [0.1, 0.15) is 92.4 Å². The zero-order chi connectivity index (χ0) is 42.7. The maximum atomic E-state index is 14.1. The van der Waals surface area contributed by atoms with E-state index >= 15 is 0 Å². The van der Waals surface area contributed by atoms with Crippen LogP contribution in [-0.4, -0.2) is 19.5 Å². The fourth-order valence-corrected chi connectivity index (χ4v) is 7.54. The molecule has 9 aromatic rings. The van der Waals surface area contributed by atoms with Crippen molar-refractivity contribution >= 4 is 43.7 Å². The van der Waals surface area contributed by atoms with Crippen LogP contribution >= 0.6 is 0 Å². The molecule has 0 bridgehead atoms. The maximum Gasteiger partial charge on any atom is 0.121 e. The minimum Gasteiger partial charge on any atom is -0.501 e. The third-order valence-corrected chi connectivity index (χ3v) is 10.6. The van der Waals surface area contributed by atoms with Crippen molar-refractivity contribution in [3.63, 3.8) is 0 Å². The summed E-state index contributed by atoms with van der Waals surface area (Å²) in [5, 5.41) is 4.53. The Morgan fingerprint density at radius 2 is 1.53 bits per heavy atom. The van der Waals surface area contributed by atoms with Crippen LogP contribution in [0.5, 0.6) is 0 Å². The average Bonchev–Trinajstić information content (AvgIpc) is 3.78. The van der Waals surface area contributed by atoms with Gasteiger partial charge < -0.3 is 14.0 Å². The summed E-state index contributed by atoms with van der Waals surface area (Å²) in [6.07, 6.45) is 3.59. The van der Waals surface area contributed by atoms with Crippen molar-refractivity contribution in [2.75, 3.05) is 0 Å². The van der Waals surface area contributed by atoms with Crippen molar-refractivity contribution in [2.45, 2.75) is 79.5 Å². The largest absolute Gasteiger partial charge is 0.501 e. The van der Waals surface area contributed by atoms with Gasteiger partial charge in [-0.05, 0) is 75.5 Å². The number of aromatic nitrogens is 4. The molecule has 0 saturated carbocycles. The number of fused-ring (bicyclic) bond motifs is 5. The van der Waals surface area contributed by atoms with Crippen molar-refractivity contribution in [3.05, 3.63) is 155 Å². The van der Waals surface area contributed by atoms with Gasteiger partial charge in [-0.25, -0.2) is 0 Å². The summed E-state index contributed by atoms with van der Waals surface area (Å²) >= 11 is 0. The van der Waals surface area contributed by atoms with Gasteiger partial charge in [0.15, 0.2) is 0 Å². The van der Waals surface area contributed by atoms with E-state index in [1.165, 1.54) is 28.3 Å². The van der Waals surface area contributed by atoms with Crippen molar-refractivity contribution in [3.8, 4) is 28.3 Å². The Balaban J connectivity index is 0.000000217. The minimum atomic E-state index is -2.33. The summed E-state index contributed by atoms with van der Waals surface area (Å²) in [5.41, 5.74) is 10.7. The first-order chi connectivity index (χ1) is 28.5. The van der Waals surface area contributed by atoms with Crippen LogP contribution in [0, 0.1) is 31.7 Å². The number of halogens is 1. The van der Waals surface area contributed by atoms with Crippen LogP contribution < -0.4 is 0 Å². The van der Waals surface area contributed by atoms with Gasteiger partial charge >= 0.3 is 0 Å². The molecule has 0 amide bonds. The number of aryl methyl sites for hydroxylation is 2. The van der Waals surface area contributed by atoms with E-state index in [0.717, 1.165) is 67.1 Å². The number of benzene rings is 5. The number of hydrogen-bond donors (Lipinski definition) is 0. The van der Waals surface area contributed by atoms with Crippen LogP contribution in [0.2, 0.25) is 0 Å². The van der Waals surface area contributed by atoms with E-state index in [9.17, 15) is 4.39 Å². The third kappa shape index (κ3) is 7.50. The first-order valence-electron chi connectivity index (χ1n) is 20.9. The van der Waals surface area contributed by atoms with Gasteiger partial charge in [-0.1, -0.05) is 126 Å². The molecule has 0 atom stereocenters. The summed E-state index contributed by atoms with van der Waals surface area (Å²) in [4.78, 5) is 14.1. The molecule has 4 heterocycles. The van der Waals surface area contributed by atoms with E-state index < -0.39 is 12.7 Å². The number of imidazole rings is 1. The molecule has 0 N–H and O–H groups in total. The molecule has 5 aromatic carbocycles. The molecule has 0 spiro atoms. The molecule has 1 radical (unpaired) electrons. The molecule has 295 valence electrons. The molecule has 0 aliphatic heterocycles. The maximum absolute atomic E-state index is 14.1. The summed E-state index contributed by atoms with van der Waals surface area (Å²) < 4.78 is 44.8. The molecular formula is C51H47FIrN4O-2. The topological polar surface area (TPSA) is 56.7 Å². The van der Waals surface area contributed by atoms with Crippen LogP contribution in [0.15, 0.2) is 114 Å². The minimum absolute atomic E-state index is 0. The number of para-hydroxylation sites is 1. The van der Waals surface area contributed by atoms with Gasteiger partial charge in [-0.2, -0.15) is 0 Å². The van der Waals surface area contributed by atoms with Gasteiger partial charge in [0.05, 0.1) is 28.1 Å². The predicted molar refractivity (Wildman–Crippen MR) is 233 cm³/mol. The fraction of sp³-hybridized carbons (Fsp3) is 0.235.